The zero-order valence-electron chi connectivity index (χ0n) is 5.06. The molecule has 2 nitrogen and oxygen atoms in total. The molecule has 0 radical (unpaired) electrons. The van der Waals surface area contributed by atoms with Gasteiger partial charge < -0.3 is 0 Å². The average molecular weight is 243 g/mol. The van der Waals surface area contributed by atoms with E-state index in [9.17, 15) is 8.78 Å². The molecule has 1 aromatic rings. The average Bonchev–Trinajstić information content (AvgIpc) is 1.85. The van der Waals surface area contributed by atoms with Crippen molar-refractivity contribution in [3.63, 3.8) is 0 Å². The van der Waals surface area contributed by atoms with Crippen LogP contribution in [-0.2, 0) is 0 Å². The molecule has 11 heavy (non-hydrogen) atoms. The van der Waals surface area contributed by atoms with E-state index in [1.807, 2.05) is 0 Å². The second-order valence-electron chi connectivity index (χ2n) is 1.67. The highest BCUT2D eigenvalue weighted by Gasteiger charge is 2.14. The second-order valence-corrected chi connectivity index (χ2v) is 2.84. The Bertz CT molecular complexity index is 269. The number of halogens is 4. The number of hydrogen-bond donors (Lipinski definition) is 0. The van der Waals surface area contributed by atoms with Gasteiger partial charge in [0.1, 0.15) is 10.3 Å². The van der Waals surface area contributed by atoms with Crippen molar-refractivity contribution in [1.29, 1.82) is 0 Å². The molecule has 0 aliphatic carbocycles. The quantitative estimate of drug-likeness (QED) is 0.758. The molecule has 0 N–H and O–H groups in total. The highest BCUT2D eigenvalue weighted by Crippen LogP contribution is 2.23. The first-order valence-electron chi connectivity index (χ1n) is 2.57. The molecule has 6 heteroatoms. The summed E-state index contributed by atoms with van der Waals surface area (Å²) in [6.45, 7) is 0. The summed E-state index contributed by atoms with van der Waals surface area (Å²) in [5, 5.41) is -0.269. The van der Waals surface area contributed by atoms with Gasteiger partial charge in [-0.1, -0.05) is 11.6 Å². The predicted octanol–water partition coefficient (Wildman–Crippen LogP) is 2.83. The van der Waals surface area contributed by atoms with Crippen LogP contribution in [0.4, 0.5) is 8.78 Å². The smallest absolute Gasteiger partial charge is 0.249 e. The van der Waals surface area contributed by atoms with Gasteiger partial charge in [-0.3, -0.25) is 0 Å². The van der Waals surface area contributed by atoms with Crippen LogP contribution in [0.25, 0.3) is 0 Å². The normalized spacial score (nSPS) is 10.6. The van der Waals surface area contributed by atoms with Gasteiger partial charge >= 0.3 is 0 Å². The summed E-state index contributed by atoms with van der Waals surface area (Å²) in [6.07, 6.45) is -1.50. The lowest BCUT2D eigenvalue weighted by Crippen LogP contribution is -1.93. The van der Waals surface area contributed by atoms with E-state index in [2.05, 4.69) is 25.9 Å². The van der Waals surface area contributed by atoms with Crippen molar-refractivity contribution in [2.45, 2.75) is 6.43 Å². The van der Waals surface area contributed by atoms with Crippen LogP contribution in [0.15, 0.2) is 10.8 Å². The summed E-state index contributed by atoms with van der Waals surface area (Å²) in [5.41, 5.74) is -0.491. The van der Waals surface area contributed by atoms with Crippen LogP contribution >= 0.6 is 27.5 Å². The molecule has 0 saturated heterocycles. The molecule has 0 saturated carbocycles. The topological polar surface area (TPSA) is 25.8 Å². The van der Waals surface area contributed by atoms with Crippen molar-refractivity contribution < 1.29 is 8.78 Å². The molecule has 0 fully saturated rings. The minimum Gasteiger partial charge on any atom is -0.249 e. The van der Waals surface area contributed by atoms with Gasteiger partial charge in [-0.15, -0.1) is 0 Å². The summed E-state index contributed by atoms with van der Waals surface area (Å²) in [7, 11) is 0. The third-order valence-electron chi connectivity index (χ3n) is 0.933. The van der Waals surface area contributed by atoms with Crippen molar-refractivity contribution in [1.82, 2.24) is 9.97 Å². The maximum Gasteiger partial charge on any atom is 0.283 e. The molecule has 1 rings (SSSR count). The molecular weight excluding hydrogens is 241 g/mol. The largest absolute Gasteiger partial charge is 0.283 e. The van der Waals surface area contributed by atoms with Crippen LogP contribution < -0.4 is 0 Å². The Labute approximate surface area is 74.7 Å². The van der Waals surface area contributed by atoms with Gasteiger partial charge in [0, 0.05) is 0 Å². The predicted molar refractivity (Wildman–Crippen MR) is 39.7 cm³/mol. The molecule has 0 spiro atoms. The number of rotatable bonds is 1. The molecule has 0 aliphatic heterocycles. The molecule has 1 aromatic heterocycles. The van der Waals surface area contributed by atoms with Crippen molar-refractivity contribution in [2.24, 2.45) is 0 Å². The molecule has 60 valence electrons. The van der Waals surface area contributed by atoms with E-state index in [1.54, 1.807) is 0 Å². The summed E-state index contributed by atoms with van der Waals surface area (Å²) in [4.78, 5) is 6.92. The number of hydrogen-bond acceptors (Lipinski definition) is 2. The molecule has 0 atom stereocenters. The lowest BCUT2D eigenvalue weighted by atomic mass is 10.5. The van der Waals surface area contributed by atoms with Gasteiger partial charge in [-0.2, -0.15) is 0 Å². The fraction of sp³-hybridized carbons (Fsp3) is 0.200. The monoisotopic (exact) mass is 242 g/mol. The highest BCUT2D eigenvalue weighted by atomic mass is 79.9. The van der Waals surface area contributed by atoms with Gasteiger partial charge in [-0.25, -0.2) is 18.7 Å². The van der Waals surface area contributed by atoms with E-state index in [0.29, 0.717) is 4.60 Å². The standard InChI is InChI=1S/C5H2BrClF2N2/c6-2-1-10-3(5(8)9)4(7)11-2/h1,5H. The molecular formula is C5H2BrClF2N2. The van der Waals surface area contributed by atoms with Crippen LogP contribution in [0.3, 0.4) is 0 Å². The van der Waals surface area contributed by atoms with E-state index >= 15 is 0 Å². The number of aromatic nitrogens is 2. The zero-order valence-corrected chi connectivity index (χ0v) is 7.40. The van der Waals surface area contributed by atoms with Crippen LogP contribution in [-0.4, -0.2) is 9.97 Å². The minimum atomic E-state index is -2.68. The maximum atomic E-state index is 12.0. The fourth-order valence-corrected chi connectivity index (χ4v) is 1.11. The summed E-state index contributed by atoms with van der Waals surface area (Å²) >= 11 is 8.28. The van der Waals surface area contributed by atoms with Crippen LogP contribution in [0.1, 0.15) is 12.1 Å². The van der Waals surface area contributed by atoms with Crippen molar-refractivity contribution in [3.05, 3.63) is 21.6 Å². The first-order valence-corrected chi connectivity index (χ1v) is 3.74. The number of nitrogens with zero attached hydrogens (tertiary/aromatic N) is 2. The maximum absolute atomic E-state index is 12.0. The SMILES string of the molecule is FC(F)c1ncc(Br)nc1Cl. The van der Waals surface area contributed by atoms with E-state index in [0.717, 1.165) is 0 Å². The van der Waals surface area contributed by atoms with E-state index < -0.39 is 12.1 Å². The van der Waals surface area contributed by atoms with Gasteiger partial charge in [0.2, 0.25) is 0 Å². The van der Waals surface area contributed by atoms with Gasteiger partial charge in [0.05, 0.1) is 6.20 Å². The van der Waals surface area contributed by atoms with E-state index in [-0.39, 0.29) is 5.15 Å². The molecule has 0 amide bonds. The van der Waals surface area contributed by atoms with Crippen LogP contribution in [0, 0.1) is 0 Å². The zero-order chi connectivity index (χ0) is 8.43. The third-order valence-corrected chi connectivity index (χ3v) is 1.59. The molecule has 0 aliphatic rings. The minimum absolute atomic E-state index is 0.269. The Hall–Kier alpha value is -0.290. The van der Waals surface area contributed by atoms with Crippen molar-refractivity contribution >= 4 is 27.5 Å². The van der Waals surface area contributed by atoms with Gasteiger partial charge in [0.25, 0.3) is 6.43 Å². The third kappa shape index (κ3) is 2.07. The van der Waals surface area contributed by atoms with Crippen molar-refractivity contribution in [2.75, 3.05) is 0 Å². The van der Waals surface area contributed by atoms with Gasteiger partial charge in [-0.05, 0) is 15.9 Å². The summed E-state index contributed by atoms with van der Waals surface area (Å²) in [6, 6.07) is 0. The molecule has 0 bridgehead atoms. The van der Waals surface area contributed by atoms with Crippen LogP contribution in [0.2, 0.25) is 5.15 Å². The Kier molecular flexibility index (Phi) is 2.72. The highest BCUT2D eigenvalue weighted by molar-refractivity contribution is 9.10. The Balaban J connectivity index is 3.09. The second kappa shape index (κ2) is 3.40. The first kappa shape index (κ1) is 8.80. The van der Waals surface area contributed by atoms with Crippen LogP contribution in [0.5, 0.6) is 0 Å². The molecule has 1 heterocycles. The molecule has 0 aromatic carbocycles. The Morgan fingerprint density at radius 2 is 2.18 bits per heavy atom. The summed E-state index contributed by atoms with van der Waals surface area (Å²) < 4.78 is 24.3. The Morgan fingerprint density at radius 1 is 1.55 bits per heavy atom. The van der Waals surface area contributed by atoms with E-state index in [4.69, 9.17) is 11.6 Å². The summed E-state index contributed by atoms with van der Waals surface area (Å²) in [5.74, 6) is 0. The van der Waals surface area contributed by atoms with Gasteiger partial charge in [0.15, 0.2) is 5.15 Å². The first-order chi connectivity index (χ1) is 5.11. The lowest BCUT2D eigenvalue weighted by molar-refractivity contribution is 0.145. The fourth-order valence-electron chi connectivity index (χ4n) is 0.502. The van der Waals surface area contributed by atoms with Crippen molar-refractivity contribution in [3.8, 4) is 0 Å². The molecule has 0 unspecified atom stereocenters. The number of alkyl halides is 2. The van der Waals surface area contributed by atoms with E-state index in [1.165, 1.54) is 6.20 Å². The Morgan fingerprint density at radius 3 is 2.64 bits per heavy atom. The lowest BCUT2D eigenvalue weighted by Gasteiger charge is -1.99.